The van der Waals surface area contributed by atoms with Gasteiger partial charge >= 0.3 is 0 Å². The summed E-state index contributed by atoms with van der Waals surface area (Å²) in [7, 11) is -1.12. The largest absolute Gasteiger partial charge is 0.404 e. The number of hydrogen-bond donors (Lipinski definition) is 3. The molecule has 3 N–H and O–H groups in total. The lowest BCUT2D eigenvalue weighted by Gasteiger charge is -2.60. The molecule has 3 saturated carbocycles. The van der Waals surface area contributed by atoms with Crippen LogP contribution in [0.15, 0.2) is 72.3 Å². The zero-order chi connectivity index (χ0) is 34.0. The van der Waals surface area contributed by atoms with E-state index in [4.69, 9.17) is 4.43 Å². The standard InChI is InChI=1S/C40H57NO5Si/c1-27(36(44)41(7)26-42)40(45)35(43)25-34-32-19-18-28-24-29(20-22-38(28,5)33(32)21-23-39(34,40)6)46-47(37(2,3)4,30-14-10-8-11-15-30)31-16-12-9-13-17-31/h8-18,27,29,32-35,42-43,45H,19-26H2,1-7H3/t27-,29+,32-,33+,34+,35-,38+,39+,40-/m1/s1. The second kappa shape index (κ2) is 12.2. The predicted molar refractivity (Wildman–Crippen MR) is 190 cm³/mol. The third kappa shape index (κ3) is 5.13. The molecule has 0 bridgehead atoms. The molecule has 0 radical (unpaired) electrons. The van der Waals surface area contributed by atoms with Crippen molar-refractivity contribution in [3.05, 3.63) is 72.3 Å². The first-order valence-electron chi connectivity index (χ1n) is 17.9. The van der Waals surface area contributed by atoms with Crippen molar-refractivity contribution in [1.82, 2.24) is 4.90 Å². The lowest BCUT2D eigenvalue weighted by molar-refractivity contribution is -0.191. The molecule has 6 nitrogen and oxygen atoms in total. The SMILES string of the molecule is C[C@H](C(=O)N(C)CO)[C@@]1(O)[C@H](O)C[C@H]2[C@@H]3CC=C4C[C@@H](O[Si](c5ccccc5)(c5ccccc5)C(C)(C)C)CC[C@]4(C)[C@H]3CC[C@@]21C. The second-order valence-corrected chi connectivity index (χ2v) is 21.1. The molecule has 0 unspecified atom stereocenters. The van der Waals surface area contributed by atoms with E-state index in [-0.39, 0.29) is 28.4 Å². The van der Waals surface area contributed by atoms with Crippen LogP contribution in [0.5, 0.6) is 0 Å². The van der Waals surface area contributed by atoms with E-state index < -0.39 is 38.1 Å². The maximum atomic E-state index is 13.2. The fraction of sp³-hybridized carbons (Fsp3) is 0.625. The Labute approximate surface area is 283 Å². The van der Waals surface area contributed by atoms with E-state index in [2.05, 4.69) is 101 Å². The number of carbonyl (C=O) groups excluding carboxylic acids is 1. The van der Waals surface area contributed by atoms with Crippen molar-refractivity contribution in [3.8, 4) is 0 Å². The smallest absolute Gasteiger partial charge is 0.261 e. The van der Waals surface area contributed by atoms with Crippen LogP contribution < -0.4 is 10.4 Å². The van der Waals surface area contributed by atoms with E-state index in [1.54, 1.807) is 14.0 Å². The fourth-order valence-electron chi connectivity index (χ4n) is 11.1. The molecule has 9 atom stereocenters. The number of hydrogen-bond acceptors (Lipinski definition) is 5. The number of benzene rings is 2. The van der Waals surface area contributed by atoms with Gasteiger partial charge in [0.1, 0.15) is 12.3 Å². The Balaban J connectivity index is 1.29. The summed E-state index contributed by atoms with van der Waals surface area (Å²) in [6.45, 7) is 13.0. The monoisotopic (exact) mass is 659 g/mol. The Hall–Kier alpha value is -2.29. The number of fused-ring (bicyclic) bond motifs is 5. The fourth-order valence-corrected chi connectivity index (χ4v) is 15.8. The summed E-state index contributed by atoms with van der Waals surface area (Å²) >= 11 is 0. The van der Waals surface area contributed by atoms with Crippen LogP contribution in [0.3, 0.4) is 0 Å². The van der Waals surface area contributed by atoms with Gasteiger partial charge in [0.15, 0.2) is 0 Å². The minimum atomic E-state index is -2.66. The lowest BCUT2D eigenvalue weighted by atomic mass is 9.46. The topological polar surface area (TPSA) is 90.2 Å². The average Bonchev–Trinajstić information content (AvgIpc) is 3.28. The van der Waals surface area contributed by atoms with E-state index in [0.29, 0.717) is 18.3 Å². The Morgan fingerprint density at radius 3 is 2.15 bits per heavy atom. The summed E-state index contributed by atoms with van der Waals surface area (Å²) in [5.74, 6) is -0.194. The first-order chi connectivity index (χ1) is 22.1. The van der Waals surface area contributed by atoms with Crippen LogP contribution in [0, 0.1) is 34.5 Å². The minimum absolute atomic E-state index is 0.0553. The summed E-state index contributed by atoms with van der Waals surface area (Å²) < 4.78 is 7.63. The van der Waals surface area contributed by atoms with Gasteiger partial charge in [-0.15, -0.1) is 0 Å². The molecular formula is C40H57NO5Si. The summed E-state index contributed by atoms with van der Waals surface area (Å²) in [4.78, 5) is 14.4. The molecule has 0 heterocycles. The van der Waals surface area contributed by atoms with E-state index in [1.807, 2.05) is 0 Å². The van der Waals surface area contributed by atoms with Crippen molar-refractivity contribution < 1.29 is 24.5 Å². The van der Waals surface area contributed by atoms with Gasteiger partial charge in [-0.2, -0.15) is 0 Å². The number of carbonyl (C=O) groups is 1. The van der Waals surface area contributed by atoms with E-state index in [9.17, 15) is 20.1 Å². The molecule has 7 heteroatoms. The average molecular weight is 660 g/mol. The minimum Gasteiger partial charge on any atom is -0.404 e. The first kappa shape index (κ1) is 34.6. The molecule has 0 saturated heterocycles. The molecule has 0 aliphatic heterocycles. The molecule has 4 aliphatic carbocycles. The number of amides is 1. The van der Waals surface area contributed by atoms with Gasteiger partial charge in [0, 0.05) is 18.6 Å². The van der Waals surface area contributed by atoms with Crippen molar-refractivity contribution in [2.45, 2.75) is 109 Å². The summed E-state index contributed by atoms with van der Waals surface area (Å²) in [6, 6.07) is 21.9. The highest BCUT2D eigenvalue weighted by atomic mass is 28.4. The van der Waals surface area contributed by atoms with E-state index in [1.165, 1.54) is 20.8 Å². The molecule has 47 heavy (non-hydrogen) atoms. The van der Waals surface area contributed by atoms with Gasteiger partial charge in [0.05, 0.1) is 12.0 Å². The number of rotatable bonds is 7. The van der Waals surface area contributed by atoms with Gasteiger partial charge in [0.25, 0.3) is 8.32 Å². The van der Waals surface area contributed by atoms with Gasteiger partial charge in [0.2, 0.25) is 5.91 Å². The van der Waals surface area contributed by atoms with Crippen molar-refractivity contribution in [1.29, 1.82) is 0 Å². The van der Waals surface area contributed by atoms with Crippen LogP contribution in [0.2, 0.25) is 5.04 Å². The number of nitrogens with zero attached hydrogens (tertiary/aromatic N) is 1. The van der Waals surface area contributed by atoms with Gasteiger partial charge in [-0.3, -0.25) is 4.79 Å². The third-order valence-corrected chi connectivity index (χ3v) is 18.8. The van der Waals surface area contributed by atoms with Crippen molar-refractivity contribution in [3.63, 3.8) is 0 Å². The summed E-state index contributed by atoms with van der Waals surface area (Å²) in [5, 5.41) is 36.0. The third-order valence-electron chi connectivity index (χ3n) is 13.7. The molecule has 1 amide bonds. The van der Waals surface area contributed by atoms with Crippen molar-refractivity contribution in [2.24, 2.45) is 34.5 Å². The molecule has 4 aliphatic rings. The summed E-state index contributed by atoms with van der Waals surface area (Å²) in [5.41, 5.74) is -0.530. The molecule has 256 valence electrons. The number of aliphatic hydroxyl groups excluding tert-OH is 2. The van der Waals surface area contributed by atoms with Crippen LogP contribution in [0.25, 0.3) is 0 Å². The van der Waals surface area contributed by atoms with Crippen LogP contribution >= 0.6 is 0 Å². The van der Waals surface area contributed by atoms with Gasteiger partial charge in [-0.05, 0) is 83.5 Å². The molecule has 2 aromatic rings. The zero-order valence-corrected chi connectivity index (χ0v) is 30.6. The molecule has 0 spiro atoms. The molecule has 0 aromatic heterocycles. The number of aliphatic hydroxyl groups is 3. The molecular weight excluding hydrogens is 603 g/mol. The maximum Gasteiger partial charge on any atom is 0.261 e. The molecule has 3 fully saturated rings. The predicted octanol–water partition coefficient (Wildman–Crippen LogP) is 5.64. The van der Waals surface area contributed by atoms with Crippen LogP contribution in [0.1, 0.15) is 86.5 Å². The van der Waals surface area contributed by atoms with Gasteiger partial charge < -0.3 is 24.6 Å². The maximum absolute atomic E-state index is 13.2. The highest BCUT2D eigenvalue weighted by molar-refractivity contribution is 6.99. The molecule has 2 aromatic carbocycles. The van der Waals surface area contributed by atoms with Gasteiger partial charge in [-0.25, -0.2) is 0 Å². The highest BCUT2D eigenvalue weighted by Crippen LogP contribution is 2.68. The van der Waals surface area contributed by atoms with Crippen LogP contribution in [0.4, 0.5) is 0 Å². The normalized spacial score (nSPS) is 36.0. The number of allylic oxidation sites excluding steroid dienone is 1. The highest BCUT2D eigenvalue weighted by Gasteiger charge is 2.69. The van der Waals surface area contributed by atoms with Crippen molar-refractivity contribution >= 4 is 24.6 Å². The second-order valence-electron chi connectivity index (χ2n) is 16.8. The van der Waals surface area contributed by atoms with Gasteiger partial charge in [-0.1, -0.05) is 114 Å². The Morgan fingerprint density at radius 2 is 1.60 bits per heavy atom. The Morgan fingerprint density at radius 1 is 1.00 bits per heavy atom. The van der Waals surface area contributed by atoms with Crippen LogP contribution in [-0.2, 0) is 9.22 Å². The Bertz CT molecular complexity index is 1430. The quantitative estimate of drug-likeness (QED) is 0.204. The van der Waals surface area contributed by atoms with Crippen LogP contribution in [-0.4, -0.2) is 66.0 Å². The zero-order valence-electron chi connectivity index (χ0n) is 29.6. The summed E-state index contributed by atoms with van der Waals surface area (Å²) in [6.07, 6.45) is 7.86. The van der Waals surface area contributed by atoms with E-state index >= 15 is 0 Å². The van der Waals surface area contributed by atoms with E-state index in [0.717, 1.165) is 38.5 Å². The Kier molecular flexibility index (Phi) is 9.00. The molecule has 6 rings (SSSR count). The first-order valence-corrected chi connectivity index (χ1v) is 19.8. The van der Waals surface area contributed by atoms with Crippen molar-refractivity contribution in [2.75, 3.05) is 13.8 Å². The lowest BCUT2D eigenvalue weighted by Crippen LogP contribution is -2.68.